The van der Waals surface area contributed by atoms with Crippen LogP contribution in [-0.2, 0) is 21.2 Å². The normalized spacial score (nSPS) is 16.6. The molecule has 1 saturated heterocycles. The fourth-order valence-electron chi connectivity index (χ4n) is 4.21. The summed E-state index contributed by atoms with van der Waals surface area (Å²) in [6.07, 6.45) is 2.36. The number of anilines is 3. The van der Waals surface area contributed by atoms with Gasteiger partial charge in [0.25, 0.3) is 0 Å². The van der Waals surface area contributed by atoms with E-state index in [4.69, 9.17) is 21.1 Å². The predicted molar refractivity (Wildman–Crippen MR) is 158 cm³/mol. The topological polar surface area (TPSA) is 102 Å². The monoisotopic (exact) mass is 600 g/mol. The molecule has 1 aliphatic heterocycles. The van der Waals surface area contributed by atoms with Crippen LogP contribution in [0.3, 0.4) is 0 Å². The van der Waals surface area contributed by atoms with Gasteiger partial charge in [-0.05, 0) is 55.3 Å². The number of amides is 1. The lowest BCUT2D eigenvalue weighted by Gasteiger charge is -2.16. The molecule has 0 radical (unpaired) electrons. The summed E-state index contributed by atoms with van der Waals surface area (Å²) in [4.78, 5) is 21.6. The number of nitrogens with one attached hydrogen (secondary N) is 2. The number of rotatable bonds is 10. The van der Waals surface area contributed by atoms with E-state index >= 15 is 0 Å². The zero-order valence-corrected chi connectivity index (χ0v) is 23.9. The highest BCUT2D eigenvalue weighted by Gasteiger charge is 2.27. The molecule has 1 amide bonds. The van der Waals surface area contributed by atoms with Crippen LogP contribution in [0.15, 0.2) is 60.9 Å². The van der Waals surface area contributed by atoms with E-state index in [2.05, 4.69) is 20.6 Å². The lowest BCUT2D eigenvalue weighted by Crippen LogP contribution is -2.20. The summed E-state index contributed by atoms with van der Waals surface area (Å²) < 4.78 is 37.1. The van der Waals surface area contributed by atoms with Gasteiger partial charge in [-0.3, -0.25) is 4.79 Å². The van der Waals surface area contributed by atoms with Crippen LogP contribution in [0.25, 0.3) is 10.9 Å². The first kappa shape index (κ1) is 28.1. The van der Waals surface area contributed by atoms with Gasteiger partial charge in [-0.25, -0.2) is 18.6 Å². The Morgan fingerprint density at radius 3 is 2.77 bits per heavy atom. The molecule has 3 aromatic carbocycles. The third kappa shape index (κ3) is 6.83. The number of aromatic nitrogens is 2. The van der Waals surface area contributed by atoms with Gasteiger partial charge in [0.1, 0.15) is 36.1 Å². The number of halogens is 2. The number of hydrogen-bond donors (Lipinski definition) is 2. The molecule has 0 spiro atoms. The maximum absolute atomic E-state index is 13.4. The number of nitrogens with zero attached hydrogens (tertiary/aromatic N) is 2. The molecule has 4 aromatic rings. The zero-order chi connectivity index (χ0) is 28.1. The molecule has 8 nitrogen and oxygen atoms in total. The number of benzene rings is 3. The van der Waals surface area contributed by atoms with Crippen LogP contribution >= 0.6 is 22.4 Å². The van der Waals surface area contributed by atoms with Crippen molar-refractivity contribution in [2.24, 2.45) is 0 Å². The van der Waals surface area contributed by atoms with Gasteiger partial charge in [0.15, 0.2) is 0 Å². The average Bonchev–Trinajstić information content (AvgIpc) is 3.33. The molecule has 0 saturated carbocycles. The molecule has 208 valence electrons. The standard InChI is InChI=1S/C28H26ClFN4O4S2/c1-2-37-26-14-23-21(13-24(26)34-27(35)12-20-8-9-39-40(20)36)28(32-16-31-23)33-19-6-7-25(22(29)11-19)38-15-17-4-3-5-18(30)10-17/h3-7,10-11,13-14,16,20H,2,8-9,12,15H2,1H3,(H,34,35)(H,31,32,33). The largest absolute Gasteiger partial charge is 0.492 e. The van der Waals surface area contributed by atoms with Crippen molar-refractivity contribution < 1.29 is 22.9 Å². The van der Waals surface area contributed by atoms with Gasteiger partial charge in [-0.15, -0.1) is 0 Å². The molecule has 0 aliphatic carbocycles. The maximum Gasteiger partial charge on any atom is 0.225 e. The van der Waals surface area contributed by atoms with E-state index in [0.29, 0.717) is 56.8 Å². The first-order valence-corrected chi connectivity index (χ1v) is 15.7. The summed E-state index contributed by atoms with van der Waals surface area (Å²) in [5, 5.41) is 7.04. The van der Waals surface area contributed by atoms with Crippen LogP contribution in [0, 0.1) is 5.82 Å². The van der Waals surface area contributed by atoms with Crippen LogP contribution in [-0.4, -0.2) is 37.7 Å². The average molecular weight is 601 g/mol. The molecule has 5 rings (SSSR count). The minimum atomic E-state index is -1.05. The van der Waals surface area contributed by atoms with Gasteiger partial charge in [-0.1, -0.05) is 34.5 Å². The van der Waals surface area contributed by atoms with E-state index < -0.39 is 9.83 Å². The first-order valence-electron chi connectivity index (χ1n) is 12.6. The summed E-state index contributed by atoms with van der Waals surface area (Å²) in [7, 11) is 0.332. The lowest BCUT2D eigenvalue weighted by atomic mass is 10.1. The Morgan fingerprint density at radius 2 is 2.02 bits per heavy atom. The van der Waals surface area contributed by atoms with Crippen molar-refractivity contribution in [1.29, 1.82) is 0 Å². The fraction of sp³-hybridized carbons (Fsp3) is 0.250. The molecular weight excluding hydrogens is 575 g/mol. The van der Waals surface area contributed by atoms with Crippen molar-refractivity contribution >= 4 is 66.2 Å². The van der Waals surface area contributed by atoms with Crippen LogP contribution in [0.4, 0.5) is 21.6 Å². The van der Waals surface area contributed by atoms with Crippen molar-refractivity contribution in [2.45, 2.75) is 31.6 Å². The highest BCUT2D eigenvalue weighted by atomic mass is 35.5. The molecule has 2 atom stereocenters. The van der Waals surface area contributed by atoms with Gasteiger partial charge in [0, 0.05) is 29.3 Å². The van der Waals surface area contributed by atoms with Gasteiger partial charge in [0.05, 0.1) is 37.9 Å². The van der Waals surface area contributed by atoms with E-state index in [1.807, 2.05) is 6.92 Å². The van der Waals surface area contributed by atoms with Crippen LogP contribution in [0.1, 0.15) is 25.3 Å². The van der Waals surface area contributed by atoms with Gasteiger partial charge >= 0.3 is 0 Å². The number of carbonyl (C=O) groups excluding carboxylic acids is 1. The summed E-state index contributed by atoms with van der Waals surface area (Å²) >= 11 is 6.47. The third-order valence-corrected chi connectivity index (χ3v) is 10.0. The van der Waals surface area contributed by atoms with Crippen LogP contribution in [0.2, 0.25) is 5.02 Å². The van der Waals surface area contributed by atoms with Crippen molar-refractivity contribution in [2.75, 3.05) is 23.0 Å². The minimum Gasteiger partial charge on any atom is -0.492 e. The van der Waals surface area contributed by atoms with E-state index in [1.54, 1.807) is 42.5 Å². The quantitative estimate of drug-likeness (QED) is 0.195. The summed E-state index contributed by atoms with van der Waals surface area (Å²) in [5.74, 6) is 1.68. The molecule has 1 fully saturated rings. The number of hydrogen-bond acceptors (Lipinski definition) is 8. The second-order valence-electron chi connectivity index (χ2n) is 8.96. The number of fused-ring (bicyclic) bond motifs is 1. The molecular formula is C28H26ClFN4O4S2. The summed E-state index contributed by atoms with van der Waals surface area (Å²) in [6.45, 7) is 2.43. The van der Waals surface area contributed by atoms with Crippen molar-refractivity contribution in [1.82, 2.24) is 9.97 Å². The molecule has 2 N–H and O–H groups in total. The number of carbonyl (C=O) groups is 1. The minimum absolute atomic E-state index is 0.160. The molecule has 12 heteroatoms. The Bertz CT molecular complexity index is 1580. The molecule has 2 unspecified atom stereocenters. The highest BCUT2D eigenvalue weighted by molar-refractivity contribution is 8.69. The van der Waals surface area contributed by atoms with Crippen molar-refractivity contribution in [3.05, 3.63) is 77.3 Å². The van der Waals surface area contributed by atoms with Crippen molar-refractivity contribution in [3.63, 3.8) is 0 Å². The molecule has 2 heterocycles. The van der Waals surface area contributed by atoms with Crippen molar-refractivity contribution in [3.8, 4) is 11.5 Å². The van der Waals surface area contributed by atoms with Crippen LogP contribution < -0.4 is 20.1 Å². The van der Waals surface area contributed by atoms with Gasteiger partial charge in [0.2, 0.25) is 5.91 Å². The van der Waals surface area contributed by atoms with Crippen LogP contribution in [0.5, 0.6) is 11.5 Å². The third-order valence-electron chi connectivity index (χ3n) is 6.11. The molecule has 40 heavy (non-hydrogen) atoms. The lowest BCUT2D eigenvalue weighted by molar-refractivity contribution is -0.116. The van der Waals surface area contributed by atoms with E-state index in [9.17, 15) is 13.4 Å². The SMILES string of the molecule is CCOc1cc2ncnc(Nc3ccc(OCc4cccc(F)c4)c(Cl)c3)c2cc1NC(=O)CC1CCSS1=O. The predicted octanol–water partition coefficient (Wildman–Crippen LogP) is 6.64. The highest BCUT2D eigenvalue weighted by Crippen LogP contribution is 2.36. The van der Waals surface area contributed by atoms with E-state index in [0.717, 1.165) is 12.2 Å². The maximum atomic E-state index is 13.4. The summed E-state index contributed by atoms with van der Waals surface area (Å²) in [6, 6.07) is 14.9. The van der Waals surface area contributed by atoms with E-state index in [1.165, 1.54) is 29.3 Å². The Labute approximate surface area is 241 Å². The Kier molecular flexibility index (Phi) is 9.03. The smallest absolute Gasteiger partial charge is 0.225 e. The second kappa shape index (κ2) is 12.8. The van der Waals surface area contributed by atoms with E-state index in [-0.39, 0.29) is 30.0 Å². The first-order chi connectivity index (χ1) is 19.4. The number of ether oxygens (including phenoxy) is 2. The Balaban J connectivity index is 1.35. The summed E-state index contributed by atoms with van der Waals surface area (Å²) in [5.41, 5.74) is 2.44. The van der Waals surface area contributed by atoms with Gasteiger partial charge < -0.3 is 20.1 Å². The second-order valence-corrected chi connectivity index (χ2v) is 12.9. The zero-order valence-electron chi connectivity index (χ0n) is 21.5. The molecule has 1 aliphatic rings. The Hall–Kier alpha value is -3.41. The molecule has 1 aromatic heterocycles. The van der Waals surface area contributed by atoms with Gasteiger partial charge in [-0.2, -0.15) is 0 Å². The fourth-order valence-corrected chi connectivity index (χ4v) is 7.78. The molecule has 0 bridgehead atoms. The Morgan fingerprint density at radius 1 is 1.15 bits per heavy atom.